The zero-order valence-corrected chi connectivity index (χ0v) is 12.9. The van der Waals surface area contributed by atoms with Crippen LogP contribution in [0.4, 0.5) is 0 Å². The molecule has 128 valence electrons. The second-order valence-electron chi connectivity index (χ2n) is 5.03. The van der Waals surface area contributed by atoms with Gasteiger partial charge in [-0.3, -0.25) is 4.90 Å². The first-order valence-electron chi connectivity index (χ1n) is 14.9. The summed E-state index contributed by atoms with van der Waals surface area (Å²) in [6.45, 7) is -10.7. The number of piperidine rings is 1. The third kappa shape index (κ3) is 3.20. The number of hydrogen-bond acceptors (Lipinski definition) is 4. The van der Waals surface area contributed by atoms with E-state index in [-0.39, 0.29) is 16.4 Å². The summed E-state index contributed by atoms with van der Waals surface area (Å²) in [7, 11) is 2.38. The van der Waals surface area contributed by atoms with Gasteiger partial charge in [-0.05, 0) is 54.2 Å². The van der Waals surface area contributed by atoms with Gasteiger partial charge in [0, 0.05) is 39.6 Å². The fourth-order valence-corrected chi connectivity index (χ4v) is 2.44. The minimum absolute atomic E-state index is 0.0984. The molecule has 0 bridgehead atoms. The third-order valence-corrected chi connectivity index (χ3v) is 3.47. The van der Waals surface area contributed by atoms with Crippen LogP contribution in [0.3, 0.4) is 0 Å². The molecule has 0 aromatic heterocycles. The SMILES string of the molecule is [2H]C([2H])([2H])C([2H])(C)C([2H])([2H])[C@@]1([2H])C([2H])([2H])N2[C@H](c3cc(OC)c(OC)cc3C([2H])([2H])C2([2H])[2H])C([2H])([2H])[C@@]1([2H])O. The molecular formula is C19H29NO3. The van der Waals surface area contributed by atoms with Crippen molar-refractivity contribution in [1.29, 1.82) is 0 Å². The van der Waals surface area contributed by atoms with E-state index in [1.165, 1.54) is 14.2 Å². The van der Waals surface area contributed by atoms with Gasteiger partial charge < -0.3 is 14.6 Å². The highest BCUT2D eigenvalue weighted by molar-refractivity contribution is 5.49. The van der Waals surface area contributed by atoms with Gasteiger partial charge in [0.1, 0.15) is 0 Å². The first-order valence-corrected chi connectivity index (χ1v) is 6.89. The molecular weight excluding hydrogens is 290 g/mol. The maximum atomic E-state index is 11.4. The summed E-state index contributed by atoms with van der Waals surface area (Å²) in [5, 5.41) is 11.4. The lowest BCUT2D eigenvalue weighted by atomic mass is 9.79. The Kier molecular flexibility index (Phi) is 1.72. The van der Waals surface area contributed by atoms with Crippen LogP contribution in [-0.4, -0.2) is 43.3 Å². The van der Waals surface area contributed by atoms with Crippen LogP contribution >= 0.6 is 0 Å². The first-order chi connectivity index (χ1) is 17.1. The van der Waals surface area contributed by atoms with Gasteiger partial charge in [0.15, 0.2) is 11.5 Å². The lowest BCUT2D eigenvalue weighted by Crippen LogP contribution is -2.48. The largest absolute Gasteiger partial charge is 0.493 e. The van der Waals surface area contributed by atoms with Gasteiger partial charge in [0.25, 0.3) is 0 Å². The molecule has 3 rings (SSSR count). The normalized spacial score (nSPS) is 56.6. The Labute approximate surface area is 161 Å². The van der Waals surface area contributed by atoms with Crippen molar-refractivity contribution < 1.29 is 36.5 Å². The summed E-state index contributed by atoms with van der Waals surface area (Å²) >= 11 is 0. The van der Waals surface area contributed by atoms with Gasteiger partial charge in [-0.2, -0.15) is 0 Å². The van der Waals surface area contributed by atoms with E-state index in [0.29, 0.717) is 6.92 Å². The average Bonchev–Trinajstić information content (AvgIpc) is 2.77. The van der Waals surface area contributed by atoms with E-state index in [1.54, 1.807) is 0 Å². The smallest absolute Gasteiger partial charge is 0.161 e. The highest BCUT2D eigenvalue weighted by Gasteiger charge is 2.38. The van der Waals surface area contributed by atoms with E-state index < -0.39 is 74.0 Å². The molecule has 1 aromatic rings. The lowest BCUT2D eigenvalue weighted by molar-refractivity contribution is -0.0191. The van der Waals surface area contributed by atoms with Crippen LogP contribution in [0.15, 0.2) is 12.1 Å². The molecule has 0 aliphatic carbocycles. The quantitative estimate of drug-likeness (QED) is 0.918. The summed E-state index contributed by atoms with van der Waals surface area (Å²) < 4.78 is 146. The van der Waals surface area contributed by atoms with Crippen LogP contribution in [0.25, 0.3) is 0 Å². The minimum atomic E-state index is -4.25. The topological polar surface area (TPSA) is 41.9 Å². The number of aryl methyl sites for hydroxylation is 1. The van der Waals surface area contributed by atoms with Crippen molar-refractivity contribution in [3.05, 3.63) is 23.3 Å². The van der Waals surface area contributed by atoms with Crippen molar-refractivity contribution in [3.8, 4) is 11.5 Å². The summed E-state index contributed by atoms with van der Waals surface area (Å²) in [6.07, 6.45) is -15.2. The van der Waals surface area contributed by atoms with Gasteiger partial charge in [-0.25, -0.2) is 0 Å². The molecule has 0 amide bonds. The summed E-state index contributed by atoms with van der Waals surface area (Å²) in [5.41, 5.74) is -1.03. The van der Waals surface area contributed by atoms with Crippen LogP contribution in [0.1, 0.15) is 65.6 Å². The highest BCUT2D eigenvalue weighted by Crippen LogP contribution is 2.43. The fourth-order valence-electron chi connectivity index (χ4n) is 2.44. The van der Waals surface area contributed by atoms with E-state index in [2.05, 4.69) is 0 Å². The molecule has 0 radical (unpaired) electrons. The molecule has 1 unspecified atom stereocenters. The van der Waals surface area contributed by atoms with Crippen LogP contribution in [0.2, 0.25) is 0 Å². The predicted octanol–water partition coefficient (Wildman–Crippen LogP) is 3.03. The second-order valence-corrected chi connectivity index (χ2v) is 5.03. The maximum Gasteiger partial charge on any atom is 0.161 e. The van der Waals surface area contributed by atoms with Gasteiger partial charge in [0.2, 0.25) is 0 Å². The molecule has 1 N–H and O–H groups in total. The Hall–Kier alpha value is -1.26. The van der Waals surface area contributed by atoms with E-state index in [9.17, 15) is 5.11 Å². The van der Waals surface area contributed by atoms with Crippen LogP contribution < -0.4 is 9.47 Å². The average molecular weight is 336 g/mol. The first kappa shape index (κ1) is 5.92. The number of aliphatic hydroxyl groups is 1. The lowest BCUT2D eigenvalue weighted by Gasteiger charge is -2.46. The number of hydrogen-bond donors (Lipinski definition) is 1. The molecule has 1 aromatic carbocycles. The molecule has 23 heavy (non-hydrogen) atoms. The Bertz CT molecular complexity index is 1160. The molecule has 1 saturated heterocycles. The highest BCUT2D eigenvalue weighted by atomic mass is 16.5. The number of benzene rings is 1. The van der Waals surface area contributed by atoms with Crippen molar-refractivity contribution in [2.24, 2.45) is 11.8 Å². The molecule has 1 fully saturated rings. The zero-order chi connectivity index (χ0) is 30.8. The molecule has 2 aliphatic heterocycles. The Balaban J connectivity index is 2.55. The summed E-state index contributed by atoms with van der Waals surface area (Å²) in [6, 6.07) is -0.372. The number of rotatable bonds is 4. The van der Waals surface area contributed by atoms with Crippen molar-refractivity contribution in [1.82, 2.24) is 4.90 Å². The molecule has 4 atom stereocenters. The molecule has 4 nitrogen and oxygen atoms in total. The monoisotopic (exact) mass is 335 g/mol. The summed E-state index contributed by atoms with van der Waals surface area (Å²) in [4.78, 5) is -0.113. The Morgan fingerprint density at radius 3 is 2.96 bits per heavy atom. The molecule has 0 saturated carbocycles. The van der Waals surface area contributed by atoms with Gasteiger partial charge in [0.05, 0.1) is 21.7 Å². The number of methoxy groups -OCH3 is 2. The van der Waals surface area contributed by atoms with Crippen molar-refractivity contribution in [2.45, 2.75) is 45.0 Å². The van der Waals surface area contributed by atoms with Gasteiger partial charge in [-0.1, -0.05) is 13.8 Å². The minimum Gasteiger partial charge on any atom is -0.493 e. The van der Waals surface area contributed by atoms with Crippen molar-refractivity contribution in [2.75, 3.05) is 27.2 Å². The Morgan fingerprint density at radius 2 is 2.26 bits per heavy atom. The van der Waals surface area contributed by atoms with E-state index in [4.69, 9.17) is 31.4 Å². The Morgan fingerprint density at radius 1 is 1.52 bits per heavy atom. The molecule has 2 heterocycles. The molecule has 2 aliphatic rings. The fraction of sp³-hybridized carbons (Fsp3) is 0.684. The zero-order valence-electron chi connectivity index (χ0n) is 28.9. The maximum absolute atomic E-state index is 11.4. The standard InChI is InChI=1S/C19H29NO3/c1-12(2)7-14-11-20-6-5-13-8-18(22-3)19(23-4)9-15(13)16(20)10-17(14)21/h8-9,12,14,16-17,21H,5-7,10-11H2,1-4H3/t14-,16-,17+/m0/s1/i1D3,5D2,6D2,7D2,10D2,11D2,12D,14D,17D/t12?,14-,16-,17+. The molecule has 4 heteroatoms. The number of ether oxygens (including phenoxy) is 2. The van der Waals surface area contributed by atoms with E-state index >= 15 is 0 Å². The van der Waals surface area contributed by atoms with Crippen LogP contribution in [0, 0.1) is 11.8 Å². The van der Waals surface area contributed by atoms with Crippen molar-refractivity contribution in [3.63, 3.8) is 0 Å². The van der Waals surface area contributed by atoms with Crippen LogP contribution in [-0.2, 0) is 6.37 Å². The number of nitrogens with zero attached hydrogens (tertiary/aromatic N) is 1. The van der Waals surface area contributed by atoms with Gasteiger partial charge >= 0.3 is 0 Å². The third-order valence-electron chi connectivity index (χ3n) is 3.47. The predicted molar refractivity (Wildman–Crippen MR) is 91.1 cm³/mol. The van der Waals surface area contributed by atoms with Crippen molar-refractivity contribution >= 4 is 0 Å². The van der Waals surface area contributed by atoms with Crippen LogP contribution in [0.5, 0.6) is 11.5 Å². The van der Waals surface area contributed by atoms with Gasteiger partial charge in [-0.15, -0.1) is 0 Å². The number of fused-ring (bicyclic) bond motifs is 3. The molecule has 0 spiro atoms. The van der Waals surface area contributed by atoms with E-state index in [1.807, 2.05) is 0 Å². The van der Waals surface area contributed by atoms with E-state index in [0.717, 1.165) is 12.1 Å². The summed E-state index contributed by atoms with van der Waals surface area (Å²) in [5.74, 6) is -7.92. The second kappa shape index (κ2) is 6.70.